The van der Waals surface area contributed by atoms with Gasteiger partial charge in [0.25, 0.3) is 0 Å². The number of nitrogens with zero attached hydrogens (tertiary/aromatic N) is 1. The molecule has 0 aliphatic heterocycles. The number of rotatable bonds is 5. The molecule has 0 unspecified atom stereocenters. The number of methoxy groups -OCH3 is 1. The minimum Gasteiger partial charge on any atom is -0.453 e. The average Bonchev–Trinajstić information content (AvgIpc) is 2.56. The lowest BCUT2D eigenvalue weighted by atomic mass is 10.1. The van der Waals surface area contributed by atoms with Gasteiger partial charge in [-0.1, -0.05) is 18.1 Å². The van der Waals surface area contributed by atoms with Gasteiger partial charge in [-0.05, 0) is 35.9 Å². The number of terminal acetylenes is 1. The van der Waals surface area contributed by atoms with Crippen molar-refractivity contribution in [2.45, 2.75) is 6.54 Å². The zero-order chi connectivity index (χ0) is 17.5. The molecule has 0 aliphatic rings. The number of anilines is 2. The molecule has 0 atom stereocenters. The van der Waals surface area contributed by atoms with E-state index >= 15 is 0 Å². The van der Waals surface area contributed by atoms with Crippen LogP contribution in [0, 0.1) is 24.0 Å². The standard InChI is InChI=1S/C18H16F2N2O2/c1-3-10-22(12-13-4-6-14(19)7-5-13)17-9-8-15(11-16(17)20)21-18(23)24-2/h1,4-9,11H,10,12H2,2H3,(H,21,23). The van der Waals surface area contributed by atoms with Gasteiger partial charge in [0.1, 0.15) is 11.6 Å². The summed E-state index contributed by atoms with van der Waals surface area (Å²) in [5, 5.41) is 2.38. The van der Waals surface area contributed by atoms with Gasteiger partial charge in [0.15, 0.2) is 0 Å². The maximum Gasteiger partial charge on any atom is 0.411 e. The molecular formula is C18H16F2N2O2. The fourth-order valence-electron chi connectivity index (χ4n) is 2.16. The molecule has 0 fully saturated rings. The van der Waals surface area contributed by atoms with Crippen LogP contribution in [0.5, 0.6) is 0 Å². The van der Waals surface area contributed by atoms with Crippen LogP contribution in [-0.4, -0.2) is 19.7 Å². The molecule has 0 saturated carbocycles. The van der Waals surface area contributed by atoms with Crippen LogP contribution in [0.25, 0.3) is 0 Å². The number of amides is 1. The second kappa shape index (κ2) is 7.97. The van der Waals surface area contributed by atoms with Gasteiger partial charge in [0.05, 0.1) is 19.3 Å². The normalized spacial score (nSPS) is 9.92. The summed E-state index contributed by atoms with van der Waals surface area (Å²) in [7, 11) is 1.22. The van der Waals surface area contributed by atoms with Crippen molar-refractivity contribution in [3.8, 4) is 12.3 Å². The summed E-state index contributed by atoms with van der Waals surface area (Å²) in [5.74, 6) is 1.59. The number of ether oxygens (including phenoxy) is 1. The van der Waals surface area contributed by atoms with Crippen molar-refractivity contribution < 1.29 is 18.3 Å². The van der Waals surface area contributed by atoms with E-state index in [-0.39, 0.29) is 23.7 Å². The van der Waals surface area contributed by atoms with E-state index < -0.39 is 11.9 Å². The Morgan fingerprint density at radius 1 is 1.25 bits per heavy atom. The molecule has 0 aromatic heterocycles. The van der Waals surface area contributed by atoms with E-state index in [4.69, 9.17) is 6.42 Å². The predicted molar refractivity (Wildman–Crippen MR) is 88.7 cm³/mol. The highest BCUT2D eigenvalue weighted by Gasteiger charge is 2.13. The van der Waals surface area contributed by atoms with E-state index in [1.807, 2.05) is 0 Å². The molecule has 2 aromatic carbocycles. The Morgan fingerprint density at radius 2 is 1.96 bits per heavy atom. The quantitative estimate of drug-likeness (QED) is 0.848. The molecule has 0 bridgehead atoms. The van der Waals surface area contributed by atoms with Crippen LogP contribution in [0.2, 0.25) is 0 Å². The zero-order valence-electron chi connectivity index (χ0n) is 13.1. The summed E-state index contributed by atoms with van der Waals surface area (Å²) in [6.07, 6.45) is 4.67. The van der Waals surface area contributed by atoms with Gasteiger partial charge < -0.3 is 9.64 Å². The number of nitrogens with one attached hydrogen (secondary N) is 1. The molecule has 124 valence electrons. The molecule has 2 aromatic rings. The van der Waals surface area contributed by atoms with E-state index in [0.717, 1.165) is 5.56 Å². The van der Waals surface area contributed by atoms with Crippen LogP contribution < -0.4 is 10.2 Å². The molecule has 0 aliphatic carbocycles. The van der Waals surface area contributed by atoms with Crippen molar-refractivity contribution in [3.63, 3.8) is 0 Å². The fourth-order valence-corrected chi connectivity index (χ4v) is 2.16. The summed E-state index contributed by atoms with van der Waals surface area (Å²) in [4.78, 5) is 12.8. The second-order valence-electron chi connectivity index (χ2n) is 4.97. The maximum absolute atomic E-state index is 14.4. The molecule has 2 rings (SSSR count). The minimum atomic E-state index is -0.686. The van der Waals surface area contributed by atoms with Crippen molar-refractivity contribution in [3.05, 3.63) is 59.7 Å². The molecule has 6 heteroatoms. The Labute approximate surface area is 139 Å². The number of carbonyl (C=O) groups excluding carboxylic acids is 1. The maximum atomic E-state index is 14.4. The molecule has 1 amide bonds. The molecule has 4 nitrogen and oxygen atoms in total. The van der Waals surface area contributed by atoms with Crippen LogP contribution >= 0.6 is 0 Å². The third-order valence-electron chi connectivity index (χ3n) is 3.29. The van der Waals surface area contributed by atoms with Crippen LogP contribution in [-0.2, 0) is 11.3 Å². The summed E-state index contributed by atoms with van der Waals surface area (Å²) in [5.41, 5.74) is 1.35. The number of halogens is 2. The first-order valence-electron chi connectivity index (χ1n) is 7.11. The van der Waals surface area contributed by atoms with Gasteiger partial charge in [-0.15, -0.1) is 6.42 Å². The Kier molecular flexibility index (Phi) is 5.74. The number of hydrogen-bond acceptors (Lipinski definition) is 3. The van der Waals surface area contributed by atoms with Crippen molar-refractivity contribution in [1.82, 2.24) is 0 Å². The number of benzene rings is 2. The lowest BCUT2D eigenvalue weighted by Gasteiger charge is -2.23. The van der Waals surface area contributed by atoms with Crippen LogP contribution in [0.15, 0.2) is 42.5 Å². The smallest absolute Gasteiger partial charge is 0.411 e. The number of carbonyl (C=O) groups is 1. The van der Waals surface area contributed by atoms with Crippen molar-refractivity contribution in [2.24, 2.45) is 0 Å². The highest BCUT2D eigenvalue weighted by molar-refractivity contribution is 5.84. The van der Waals surface area contributed by atoms with Gasteiger partial charge in [0, 0.05) is 12.2 Å². The van der Waals surface area contributed by atoms with Gasteiger partial charge >= 0.3 is 6.09 Å². The largest absolute Gasteiger partial charge is 0.453 e. The van der Waals surface area contributed by atoms with E-state index in [0.29, 0.717) is 6.54 Å². The number of hydrogen-bond donors (Lipinski definition) is 1. The lowest BCUT2D eigenvalue weighted by molar-refractivity contribution is 0.187. The molecular weight excluding hydrogens is 314 g/mol. The Morgan fingerprint density at radius 3 is 2.54 bits per heavy atom. The van der Waals surface area contributed by atoms with E-state index in [1.165, 1.54) is 31.4 Å². The van der Waals surface area contributed by atoms with E-state index in [2.05, 4.69) is 16.0 Å². The van der Waals surface area contributed by atoms with Gasteiger partial charge in [-0.3, -0.25) is 5.32 Å². The second-order valence-corrected chi connectivity index (χ2v) is 4.97. The molecule has 0 heterocycles. The van der Waals surface area contributed by atoms with Crippen LogP contribution in [0.3, 0.4) is 0 Å². The monoisotopic (exact) mass is 330 g/mol. The van der Waals surface area contributed by atoms with Gasteiger partial charge in [-0.25, -0.2) is 13.6 Å². The minimum absolute atomic E-state index is 0.179. The summed E-state index contributed by atoms with van der Waals surface area (Å²) < 4.78 is 31.8. The molecule has 1 N–H and O–H groups in total. The summed E-state index contributed by atoms with van der Waals surface area (Å²) in [6.45, 7) is 0.503. The topological polar surface area (TPSA) is 41.6 Å². The first-order valence-corrected chi connectivity index (χ1v) is 7.11. The third-order valence-corrected chi connectivity index (χ3v) is 3.29. The molecule has 0 spiro atoms. The first-order chi connectivity index (χ1) is 11.5. The van der Waals surface area contributed by atoms with Crippen molar-refractivity contribution in [1.29, 1.82) is 0 Å². The van der Waals surface area contributed by atoms with Gasteiger partial charge in [-0.2, -0.15) is 0 Å². The molecule has 0 saturated heterocycles. The third kappa shape index (κ3) is 4.46. The highest BCUT2D eigenvalue weighted by Crippen LogP contribution is 2.24. The van der Waals surface area contributed by atoms with Gasteiger partial charge in [0.2, 0.25) is 0 Å². The first kappa shape index (κ1) is 17.3. The average molecular weight is 330 g/mol. The highest BCUT2D eigenvalue weighted by atomic mass is 19.1. The van der Waals surface area contributed by atoms with Crippen molar-refractivity contribution >= 4 is 17.5 Å². The van der Waals surface area contributed by atoms with Crippen LogP contribution in [0.1, 0.15) is 5.56 Å². The Hall–Kier alpha value is -3.07. The predicted octanol–water partition coefficient (Wildman–Crippen LogP) is 3.78. The molecule has 24 heavy (non-hydrogen) atoms. The van der Waals surface area contributed by atoms with Crippen molar-refractivity contribution in [2.75, 3.05) is 23.9 Å². The SMILES string of the molecule is C#CCN(Cc1ccc(F)cc1)c1ccc(NC(=O)OC)cc1F. The van der Waals surface area contributed by atoms with Crippen LogP contribution in [0.4, 0.5) is 25.0 Å². The Balaban J connectivity index is 2.22. The summed E-state index contributed by atoms with van der Waals surface area (Å²) in [6, 6.07) is 10.1. The van der Waals surface area contributed by atoms with E-state index in [9.17, 15) is 13.6 Å². The lowest BCUT2D eigenvalue weighted by Crippen LogP contribution is -2.24. The van der Waals surface area contributed by atoms with E-state index in [1.54, 1.807) is 23.1 Å². The summed E-state index contributed by atoms with van der Waals surface area (Å²) >= 11 is 0. The molecule has 0 radical (unpaired) electrons. The zero-order valence-corrected chi connectivity index (χ0v) is 13.1. The fraction of sp³-hybridized carbons (Fsp3) is 0.167. The Bertz CT molecular complexity index is 755.